The second-order valence-electron chi connectivity index (χ2n) is 7.20. The van der Waals surface area contributed by atoms with Crippen molar-refractivity contribution in [2.45, 2.75) is 45.2 Å². The van der Waals surface area contributed by atoms with E-state index in [1.165, 1.54) is 25.8 Å². The van der Waals surface area contributed by atoms with Gasteiger partial charge >= 0.3 is 0 Å². The summed E-state index contributed by atoms with van der Waals surface area (Å²) in [6.45, 7) is 6.30. The van der Waals surface area contributed by atoms with Crippen molar-refractivity contribution >= 4 is 5.96 Å². The van der Waals surface area contributed by atoms with Crippen molar-refractivity contribution in [2.24, 2.45) is 4.99 Å². The standard InChI is InChI=1S/C21H32N6/c1-17-9-6-7-13-27(17)14-8-12-23-21(22-2)25-16-20-24-15-19(26-20)18-10-4-3-5-11-18/h3-5,10-11,15,17H,6-9,12-14,16H2,1-2H3,(H,24,26)(H2,22,23,25). The van der Waals surface area contributed by atoms with Crippen LogP contribution in [0, 0.1) is 0 Å². The zero-order valence-corrected chi connectivity index (χ0v) is 16.5. The van der Waals surface area contributed by atoms with Gasteiger partial charge in [-0.3, -0.25) is 4.99 Å². The number of nitrogens with one attached hydrogen (secondary N) is 3. The van der Waals surface area contributed by atoms with Crippen LogP contribution in [0.1, 0.15) is 38.4 Å². The van der Waals surface area contributed by atoms with Crippen molar-refractivity contribution in [2.75, 3.05) is 26.7 Å². The Morgan fingerprint density at radius 3 is 2.89 bits per heavy atom. The first-order valence-electron chi connectivity index (χ1n) is 10.0. The van der Waals surface area contributed by atoms with Crippen LogP contribution in [-0.2, 0) is 6.54 Å². The van der Waals surface area contributed by atoms with Crippen LogP contribution in [0.2, 0.25) is 0 Å². The van der Waals surface area contributed by atoms with Gasteiger partial charge in [0.1, 0.15) is 5.82 Å². The molecule has 6 heteroatoms. The number of hydrogen-bond donors (Lipinski definition) is 3. The molecule has 0 aliphatic carbocycles. The molecule has 0 radical (unpaired) electrons. The second kappa shape index (κ2) is 10.1. The van der Waals surface area contributed by atoms with Gasteiger partial charge in [-0.15, -0.1) is 0 Å². The summed E-state index contributed by atoms with van der Waals surface area (Å²) in [4.78, 5) is 14.7. The molecule has 6 nitrogen and oxygen atoms in total. The van der Waals surface area contributed by atoms with Crippen molar-refractivity contribution in [3.8, 4) is 11.3 Å². The van der Waals surface area contributed by atoms with E-state index < -0.39 is 0 Å². The van der Waals surface area contributed by atoms with Gasteiger partial charge in [-0.05, 0) is 38.3 Å². The van der Waals surface area contributed by atoms with Crippen molar-refractivity contribution in [1.29, 1.82) is 0 Å². The highest BCUT2D eigenvalue weighted by molar-refractivity contribution is 5.79. The largest absolute Gasteiger partial charge is 0.356 e. The topological polar surface area (TPSA) is 68.3 Å². The van der Waals surface area contributed by atoms with E-state index in [1.807, 2.05) is 24.4 Å². The van der Waals surface area contributed by atoms with E-state index in [0.29, 0.717) is 6.54 Å². The first-order valence-corrected chi connectivity index (χ1v) is 10.0. The molecule has 2 heterocycles. The number of likely N-dealkylation sites (tertiary alicyclic amines) is 1. The van der Waals surface area contributed by atoms with E-state index in [2.05, 4.69) is 49.6 Å². The number of aromatic nitrogens is 2. The van der Waals surface area contributed by atoms with Gasteiger partial charge in [-0.2, -0.15) is 0 Å². The molecule has 27 heavy (non-hydrogen) atoms. The average Bonchev–Trinajstić information content (AvgIpc) is 3.18. The molecule has 3 N–H and O–H groups in total. The lowest BCUT2D eigenvalue weighted by atomic mass is 10.0. The lowest BCUT2D eigenvalue weighted by Crippen LogP contribution is -2.41. The third-order valence-corrected chi connectivity index (χ3v) is 5.22. The first kappa shape index (κ1) is 19.4. The van der Waals surface area contributed by atoms with E-state index >= 15 is 0 Å². The number of piperidine rings is 1. The van der Waals surface area contributed by atoms with Gasteiger partial charge in [-0.25, -0.2) is 4.98 Å². The SMILES string of the molecule is CN=C(NCCCN1CCCCC1C)NCc1ncc(-c2ccccc2)[nH]1. The highest BCUT2D eigenvalue weighted by Crippen LogP contribution is 2.16. The van der Waals surface area contributed by atoms with Crippen molar-refractivity contribution in [3.05, 3.63) is 42.4 Å². The number of imidazole rings is 1. The summed E-state index contributed by atoms with van der Waals surface area (Å²) in [5.74, 6) is 1.72. The molecule has 1 saturated heterocycles. The first-order chi connectivity index (χ1) is 13.3. The number of H-pyrrole nitrogens is 1. The number of hydrogen-bond acceptors (Lipinski definition) is 3. The van der Waals surface area contributed by atoms with Crippen molar-refractivity contribution < 1.29 is 0 Å². The summed E-state index contributed by atoms with van der Waals surface area (Å²) in [6.07, 6.45) is 7.07. The third-order valence-electron chi connectivity index (χ3n) is 5.22. The molecule has 0 saturated carbocycles. The van der Waals surface area contributed by atoms with Crippen LogP contribution in [0.15, 0.2) is 41.5 Å². The van der Waals surface area contributed by atoms with Gasteiger partial charge in [0.05, 0.1) is 18.4 Å². The summed E-state index contributed by atoms with van der Waals surface area (Å²) in [5, 5.41) is 6.73. The molecule has 1 fully saturated rings. The fourth-order valence-corrected chi connectivity index (χ4v) is 3.58. The Hall–Kier alpha value is -2.34. The number of guanidine groups is 1. The molecular weight excluding hydrogens is 336 g/mol. The fourth-order valence-electron chi connectivity index (χ4n) is 3.58. The van der Waals surface area contributed by atoms with Crippen LogP contribution in [0.4, 0.5) is 0 Å². The molecule has 0 amide bonds. The highest BCUT2D eigenvalue weighted by Gasteiger charge is 2.17. The van der Waals surface area contributed by atoms with Gasteiger partial charge < -0.3 is 20.5 Å². The van der Waals surface area contributed by atoms with Gasteiger partial charge in [0.25, 0.3) is 0 Å². The second-order valence-corrected chi connectivity index (χ2v) is 7.20. The molecule has 1 aliphatic heterocycles. The van der Waals surface area contributed by atoms with Crippen LogP contribution in [0.25, 0.3) is 11.3 Å². The average molecular weight is 369 g/mol. The molecular formula is C21H32N6. The van der Waals surface area contributed by atoms with E-state index in [-0.39, 0.29) is 0 Å². The van der Waals surface area contributed by atoms with Crippen LogP contribution in [0.5, 0.6) is 0 Å². The van der Waals surface area contributed by atoms with Crippen molar-refractivity contribution in [1.82, 2.24) is 25.5 Å². The smallest absolute Gasteiger partial charge is 0.191 e. The summed E-state index contributed by atoms with van der Waals surface area (Å²) in [7, 11) is 1.81. The lowest BCUT2D eigenvalue weighted by molar-refractivity contribution is 0.159. The van der Waals surface area contributed by atoms with E-state index in [0.717, 1.165) is 48.6 Å². The number of aliphatic imine (C=N–C) groups is 1. The molecule has 1 aromatic carbocycles. The Labute approximate surface area is 162 Å². The maximum atomic E-state index is 4.46. The summed E-state index contributed by atoms with van der Waals surface area (Å²) in [5.41, 5.74) is 2.18. The number of benzene rings is 1. The van der Waals surface area contributed by atoms with Gasteiger partial charge in [0.15, 0.2) is 5.96 Å². The van der Waals surface area contributed by atoms with E-state index in [9.17, 15) is 0 Å². The molecule has 1 aromatic heterocycles. The van der Waals surface area contributed by atoms with E-state index in [4.69, 9.17) is 0 Å². The predicted octanol–water partition coefficient (Wildman–Crippen LogP) is 3.01. The highest BCUT2D eigenvalue weighted by atomic mass is 15.2. The van der Waals surface area contributed by atoms with Crippen molar-refractivity contribution in [3.63, 3.8) is 0 Å². The minimum atomic E-state index is 0.621. The summed E-state index contributed by atoms with van der Waals surface area (Å²) < 4.78 is 0. The summed E-state index contributed by atoms with van der Waals surface area (Å²) in [6, 6.07) is 11.0. The van der Waals surface area contributed by atoms with Crippen LogP contribution < -0.4 is 10.6 Å². The zero-order chi connectivity index (χ0) is 18.9. The predicted molar refractivity (Wildman–Crippen MR) is 112 cm³/mol. The van der Waals surface area contributed by atoms with Gasteiger partial charge in [0, 0.05) is 26.2 Å². The molecule has 0 bridgehead atoms. The number of rotatable bonds is 7. The number of aromatic amines is 1. The Bertz CT molecular complexity index is 708. The third kappa shape index (κ3) is 5.82. The molecule has 2 aromatic rings. The Morgan fingerprint density at radius 1 is 1.26 bits per heavy atom. The maximum absolute atomic E-state index is 4.46. The Morgan fingerprint density at radius 2 is 2.11 bits per heavy atom. The Balaban J connectivity index is 1.38. The molecule has 1 atom stereocenters. The summed E-state index contributed by atoms with van der Waals surface area (Å²) >= 11 is 0. The lowest BCUT2D eigenvalue weighted by Gasteiger charge is -2.33. The van der Waals surface area contributed by atoms with Gasteiger partial charge in [-0.1, -0.05) is 36.8 Å². The Kier molecular flexibility index (Phi) is 7.27. The molecule has 3 rings (SSSR count). The van der Waals surface area contributed by atoms with E-state index in [1.54, 1.807) is 7.05 Å². The maximum Gasteiger partial charge on any atom is 0.191 e. The minimum Gasteiger partial charge on any atom is -0.356 e. The van der Waals surface area contributed by atoms with Crippen LogP contribution in [-0.4, -0.2) is 53.6 Å². The zero-order valence-electron chi connectivity index (χ0n) is 16.5. The molecule has 0 spiro atoms. The monoisotopic (exact) mass is 368 g/mol. The number of nitrogens with zero attached hydrogens (tertiary/aromatic N) is 3. The normalized spacial score (nSPS) is 18.4. The molecule has 1 aliphatic rings. The van der Waals surface area contributed by atoms with Crippen LogP contribution >= 0.6 is 0 Å². The quantitative estimate of drug-likeness (QED) is 0.399. The minimum absolute atomic E-state index is 0.621. The molecule has 1 unspecified atom stereocenters. The fraction of sp³-hybridized carbons (Fsp3) is 0.524. The molecule has 146 valence electrons. The van der Waals surface area contributed by atoms with Gasteiger partial charge in [0.2, 0.25) is 0 Å². The van der Waals surface area contributed by atoms with Crippen LogP contribution in [0.3, 0.4) is 0 Å².